The number of benzene rings is 2. The topological polar surface area (TPSA) is 38.0 Å². The largest absolute Gasteiger partial charge is 0.329 e. The number of nitrogens with one attached hydrogen (secondary N) is 1. The summed E-state index contributed by atoms with van der Waals surface area (Å²) in [6.45, 7) is 1.34. The molecular formula is C15H17ClN2. The van der Waals surface area contributed by atoms with Gasteiger partial charge in [0, 0.05) is 24.2 Å². The lowest BCUT2D eigenvalue weighted by molar-refractivity contribution is 0.542. The molecule has 3 N–H and O–H groups in total. The second-order valence-electron chi connectivity index (χ2n) is 4.21. The highest BCUT2D eigenvalue weighted by molar-refractivity contribution is 6.30. The summed E-state index contributed by atoms with van der Waals surface area (Å²) in [4.78, 5) is 0. The highest BCUT2D eigenvalue weighted by Crippen LogP contribution is 2.14. The van der Waals surface area contributed by atoms with Crippen molar-refractivity contribution in [3.05, 3.63) is 70.7 Å². The van der Waals surface area contributed by atoms with Gasteiger partial charge in [-0.15, -0.1) is 0 Å². The predicted molar refractivity (Wildman–Crippen MR) is 76.5 cm³/mol. The Morgan fingerprint density at radius 1 is 1.06 bits per heavy atom. The van der Waals surface area contributed by atoms with Crippen LogP contribution in [0.15, 0.2) is 54.6 Å². The van der Waals surface area contributed by atoms with E-state index < -0.39 is 0 Å². The zero-order chi connectivity index (χ0) is 12.8. The molecule has 94 valence electrons. The Balaban J connectivity index is 2.00. The van der Waals surface area contributed by atoms with Crippen molar-refractivity contribution < 1.29 is 0 Å². The molecule has 0 saturated carbocycles. The van der Waals surface area contributed by atoms with Gasteiger partial charge in [-0.2, -0.15) is 0 Å². The van der Waals surface area contributed by atoms with Crippen LogP contribution in [0, 0.1) is 0 Å². The molecule has 0 radical (unpaired) electrons. The van der Waals surface area contributed by atoms with Crippen LogP contribution in [0.4, 0.5) is 0 Å². The zero-order valence-electron chi connectivity index (χ0n) is 10.1. The van der Waals surface area contributed by atoms with Crippen molar-refractivity contribution in [3.8, 4) is 0 Å². The maximum atomic E-state index is 5.96. The molecule has 3 heteroatoms. The fourth-order valence-electron chi connectivity index (χ4n) is 1.91. The molecule has 0 bridgehead atoms. The van der Waals surface area contributed by atoms with Crippen molar-refractivity contribution >= 4 is 11.6 Å². The van der Waals surface area contributed by atoms with E-state index in [-0.39, 0.29) is 6.04 Å². The van der Waals surface area contributed by atoms with Gasteiger partial charge in [-0.25, -0.2) is 0 Å². The molecule has 0 aliphatic rings. The van der Waals surface area contributed by atoms with Crippen LogP contribution in [0.1, 0.15) is 17.2 Å². The fraction of sp³-hybridized carbons (Fsp3) is 0.200. The third kappa shape index (κ3) is 3.57. The van der Waals surface area contributed by atoms with E-state index in [1.807, 2.05) is 36.4 Å². The Hall–Kier alpha value is -1.35. The first-order valence-electron chi connectivity index (χ1n) is 6.02. The van der Waals surface area contributed by atoms with E-state index in [9.17, 15) is 0 Å². The Labute approximate surface area is 113 Å². The first kappa shape index (κ1) is 13.1. The lowest BCUT2D eigenvalue weighted by Crippen LogP contribution is -2.27. The summed E-state index contributed by atoms with van der Waals surface area (Å²) >= 11 is 5.96. The molecule has 2 aromatic rings. The fourth-order valence-corrected chi connectivity index (χ4v) is 2.12. The van der Waals surface area contributed by atoms with Crippen LogP contribution < -0.4 is 11.1 Å². The number of rotatable bonds is 5. The van der Waals surface area contributed by atoms with E-state index in [4.69, 9.17) is 17.3 Å². The minimum absolute atomic E-state index is 0.171. The van der Waals surface area contributed by atoms with Crippen LogP contribution in [-0.2, 0) is 6.54 Å². The molecule has 0 heterocycles. The number of hydrogen-bond donors (Lipinski definition) is 2. The maximum Gasteiger partial charge on any atom is 0.0447 e. The molecule has 0 aliphatic heterocycles. The van der Waals surface area contributed by atoms with Crippen LogP contribution in [0.5, 0.6) is 0 Å². The van der Waals surface area contributed by atoms with E-state index in [0.29, 0.717) is 6.54 Å². The minimum Gasteiger partial charge on any atom is -0.329 e. The zero-order valence-corrected chi connectivity index (χ0v) is 10.9. The van der Waals surface area contributed by atoms with Gasteiger partial charge >= 0.3 is 0 Å². The minimum atomic E-state index is 0.171. The van der Waals surface area contributed by atoms with Gasteiger partial charge in [0.25, 0.3) is 0 Å². The summed E-state index contributed by atoms with van der Waals surface area (Å²) < 4.78 is 0. The van der Waals surface area contributed by atoms with Crippen LogP contribution in [0.2, 0.25) is 5.02 Å². The van der Waals surface area contributed by atoms with E-state index in [0.717, 1.165) is 17.1 Å². The van der Waals surface area contributed by atoms with Crippen molar-refractivity contribution in [2.45, 2.75) is 12.6 Å². The third-order valence-electron chi connectivity index (χ3n) is 2.88. The van der Waals surface area contributed by atoms with Gasteiger partial charge in [0.1, 0.15) is 0 Å². The lowest BCUT2D eigenvalue weighted by Gasteiger charge is -2.17. The van der Waals surface area contributed by atoms with Crippen LogP contribution in [0.25, 0.3) is 0 Å². The van der Waals surface area contributed by atoms with Gasteiger partial charge < -0.3 is 11.1 Å². The van der Waals surface area contributed by atoms with E-state index in [1.165, 1.54) is 5.56 Å². The Morgan fingerprint density at radius 2 is 1.83 bits per heavy atom. The van der Waals surface area contributed by atoms with Crippen molar-refractivity contribution in [1.29, 1.82) is 0 Å². The van der Waals surface area contributed by atoms with Crippen molar-refractivity contribution in [2.24, 2.45) is 5.73 Å². The summed E-state index contributed by atoms with van der Waals surface area (Å²) in [6.07, 6.45) is 0. The number of hydrogen-bond acceptors (Lipinski definition) is 2. The van der Waals surface area contributed by atoms with E-state index >= 15 is 0 Å². The average Bonchev–Trinajstić information content (AvgIpc) is 2.41. The predicted octanol–water partition coefficient (Wildman–Crippen LogP) is 3.13. The SMILES string of the molecule is NC[C@H](NCc1cccc(Cl)c1)c1ccccc1. The average molecular weight is 261 g/mol. The van der Waals surface area contributed by atoms with Crippen LogP contribution in [-0.4, -0.2) is 6.54 Å². The summed E-state index contributed by atoms with van der Waals surface area (Å²) in [6, 6.07) is 18.3. The van der Waals surface area contributed by atoms with E-state index in [1.54, 1.807) is 0 Å². The third-order valence-corrected chi connectivity index (χ3v) is 3.11. The quantitative estimate of drug-likeness (QED) is 0.867. The molecule has 0 unspecified atom stereocenters. The molecule has 0 amide bonds. The second-order valence-corrected chi connectivity index (χ2v) is 4.65. The van der Waals surface area contributed by atoms with Gasteiger partial charge in [0.15, 0.2) is 0 Å². The second kappa shape index (κ2) is 6.55. The maximum absolute atomic E-state index is 5.96. The number of halogens is 1. The molecular weight excluding hydrogens is 244 g/mol. The standard InChI is InChI=1S/C15H17ClN2/c16-14-8-4-5-12(9-14)11-18-15(10-17)13-6-2-1-3-7-13/h1-9,15,18H,10-11,17H2/t15-/m0/s1. The normalized spacial score (nSPS) is 12.3. The lowest BCUT2D eigenvalue weighted by atomic mass is 10.1. The van der Waals surface area contributed by atoms with E-state index in [2.05, 4.69) is 23.5 Å². The summed E-state index contributed by atoms with van der Waals surface area (Å²) in [5.74, 6) is 0. The molecule has 0 spiro atoms. The summed E-state index contributed by atoms with van der Waals surface area (Å²) in [5.41, 5.74) is 8.18. The van der Waals surface area contributed by atoms with Gasteiger partial charge in [0.2, 0.25) is 0 Å². The van der Waals surface area contributed by atoms with Gasteiger partial charge in [-0.05, 0) is 23.3 Å². The monoisotopic (exact) mass is 260 g/mol. The van der Waals surface area contributed by atoms with Gasteiger partial charge in [0.05, 0.1) is 0 Å². The smallest absolute Gasteiger partial charge is 0.0447 e. The van der Waals surface area contributed by atoms with Crippen molar-refractivity contribution in [3.63, 3.8) is 0 Å². The van der Waals surface area contributed by atoms with Crippen molar-refractivity contribution in [1.82, 2.24) is 5.32 Å². The first-order valence-corrected chi connectivity index (χ1v) is 6.40. The molecule has 0 aliphatic carbocycles. The highest BCUT2D eigenvalue weighted by Gasteiger charge is 2.07. The molecule has 2 nitrogen and oxygen atoms in total. The first-order chi connectivity index (χ1) is 8.79. The molecule has 18 heavy (non-hydrogen) atoms. The molecule has 0 saturated heterocycles. The Bertz CT molecular complexity index is 485. The Morgan fingerprint density at radius 3 is 2.50 bits per heavy atom. The summed E-state index contributed by atoms with van der Waals surface area (Å²) in [5, 5.41) is 4.21. The molecule has 2 rings (SSSR count). The number of nitrogens with two attached hydrogens (primary N) is 1. The van der Waals surface area contributed by atoms with Gasteiger partial charge in [-0.1, -0.05) is 54.1 Å². The molecule has 0 aromatic heterocycles. The Kier molecular flexibility index (Phi) is 4.76. The highest BCUT2D eigenvalue weighted by atomic mass is 35.5. The summed E-state index contributed by atoms with van der Waals surface area (Å²) in [7, 11) is 0. The molecule has 0 fully saturated rings. The molecule has 2 aromatic carbocycles. The van der Waals surface area contributed by atoms with Gasteiger partial charge in [-0.3, -0.25) is 0 Å². The van der Waals surface area contributed by atoms with Crippen LogP contribution >= 0.6 is 11.6 Å². The molecule has 1 atom stereocenters. The van der Waals surface area contributed by atoms with Crippen LogP contribution in [0.3, 0.4) is 0 Å². The van der Waals surface area contributed by atoms with Crippen molar-refractivity contribution in [2.75, 3.05) is 6.54 Å².